The number of thioether (sulfide) groups is 1. The van der Waals surface area contributed by atoms with Gasteiger partial charge in [-0.1, -0.05) is 38.6 Å². The van der Waals surface area contributed by atoms with E-state index in [-0.39, 0.29) is 42.5 Å². The largest absolute Gasteiger partial charge is 0.394 e. The van der Waals surface area contributed by atoms with E-state index < -0.39 is 23.9 Å². The maximum absolute atomic E-state index is 15.5. The molecule has 0 amide bonds. The Labute approximate surface area is 232 Å². The number of halogens is 3. The van der Waals surface area contributed by atoms with Crippen molar-refractivity contribution in [3.63, 3.8) is 0 Å². The number of aliphatic hydroxyl groups is 1. The summed E-state index contributed by atoms with van der Waals surface area (Å²) in [5.74, 6) is 0.108. The summed E-state index contributed by atoms with van der Waals surface area (Å²) in [7, 11) is 0. The number of hydrogen-bond donors (Lipinski definition) is 4. The van der Waals surface area contributed by atoms with Crippen LogP contribution in [0, 0.1) is 23.5 Å². The Morgan fingerprint density at radius 1 is 1.26 bits per heavy atom. The number of nitrogens with one attached hydrogen (secondary N) is 2. The van der Waals surface area contributed by atoms with Crippen molar-refractivity contribution in [2.24, 2.45) is 11.8 Å². The first-order valence-corrected chi connectivity index (χ1v) is 15.0. The van der Waals surface area contributed by atoms with Crippen molar-refractivity contribution in [1.29, 1.82) is 0 Å². The molecule has 0 bridgehead atoms. The number of rotatable bonds is 9. The lowest BCUT2D eigenvalue weighted by atomic mass is 9.64. The number of fused-ring (bicyclic) bond motifs is 1. The van der Waals surface area contributed by atoms with Gasteiger partial charge in [0.05, 0.1) is 25.0 Å². The molecular formula is C28H39F3N5O2S+. The van der Waals surface area contributed by atoms with E-state index in [0.29, 0.717) is 23.8 Å². The number of aromatic nitrogens is 2. The number of aryl methyl sites for hydroxylation is 1. The second-order valence-corrected chi connectivity index (χ2v) is 12.3. The normalized spacial score (nSPS) is 31.9. The van der Waals surface area contributed by atoms with Crippen molar-refractivity contribution in [3.05, 3.63) is 41.1 Å². The first kappa shape index (κ1) is 28.4. The highest BCUT2D eigenvalue weighted by Crippen LogP contribution is 2.46. The highest BCUT2D eigenvalue weighted by molar-refractivity contribution is 7.99. The van der Waals surface area contributed by atoms with Gasteiger partial charge in [0.15, 0.2) is 22.6 Å². The molecule has 11 heteroatoms. The minimum atomic E-state index is -1.13. The molecular weight excluding hydrogens is 527 g/mol. The van der Waals surface area contributed by atoms with Gasteiger partial charge in [-0.05, 0) is 42.9 Å². The highest BCUT2D eigenvalue weighted by atomic mass is 32.2. The zero-order valence-corrected chi connectivity index (χ0v) is 23.5. The molecule has 39 heavy (non-hydrogen) atoms. The van der Waals surface area contributed by atoms with Gasteiger partial charge in [-0.15, -0.1) is 0 Å². The van der Waals surface area contributed by atoms with E-state index in [4.69, 9.17) is 14.7 Å². The number of nitrogen functional groups attached to an aromatic ring is 1. The van der Waals surface area contributed by atoms with Gasteiger partial charge >= 0.3 is 0 Å². The van der Waals surface area contributed by atoms with Crippen molar-refractivity contribution < 1.29 is 28.4 Å². The van der Waals surface area contributed by atoms with Gasteiger partial charge in [-0.2, -0.15) is 0 Å². The van der Waals surface area contributed by atoms with Crippen LogP contribution in [0.3, 0.4) is 0 Å². The maximum atomic E-state index is 15.5. The maximum Gasteiger partial charge on any atom is 0.189 e. The molecule has 2 aromatic rings. The van der Waals surface area contributed by atoms with E-state index in [0.717, 1.165) is 42.0 Å². The Morgan fingerprint density at radius 2 is 2.08 bits per heavy atom. The Morgan fingerprint density at radius 3 is 2.82 bits per heavy atom. The van der Waals surface area contributed by atoms with E-state index >= 15 is 4.39 Å². The summed E-state index contributed by atoms with van der Waals surface area (Å²) in [4.78, 5) is 9.73. The first-order chi connectivity index (χ1) is 18.8. The number of benzene rings is 1. The second kappa shape index (κ2) is 11.8. The lowest BCUT2D eigenvalue weighted by Gasteiger charge is -2.47. The topological polar surface area (TPSA) is 95.9 Å². The van der Waals surface area contributed by atoms with Crippen LogP contribution in [0.25, 0.3) is 0 Å². The van der Waals surface area contributed by atoms with Crippen LogP contribution >= 0.6 is 11.8 Å². The van der Waals surface area contributed by atoms with E-state index in [1.165, 1.54) is 12.1 Å². The van der Waals surface area contributed by atoms with Crippen molar-refractivity contribution in [2.45, 2.75) is 87.8 Å². The molecule has 2 aliphatic carbocycles. The molecule has 2 fully saturated rings. The standard InChI is InChI=1S/C28H38F3N5O2S/c1-4-11-39-27-33-22-7-8-28(14-21(31)25(38-10-9-37)15(2)16(28)3)36-35-24(22)26(34-27)32-23-13-18(23)17-5-6-19(29)20(30)12-17/h5-6,12,15-16,18,21,23,25,35-37H,4,7-11,13-14H2,1-3H3,(H,32,33,34)/p+1/t15-,16+,18-,21-,23+,25?,28-/m0/s1. The van der Waals surface area contributed by atoms with Crippen LogP contribution in [0.5, 0.6) is 0 Å². The molecule has 7 atom stereocenters. The number of ether oxygens (including phenoxy) is 1. The van der Waals surface area contributed by atoms with Crippen molar-refractivity contribution in [2.75, 3.05) is 29.7 Å². The summed E-state index contributed by atoms with van der Waals surface area (Å²) >= 11 is 1.61. The fourth-order valence-corrected chi connectivity index (χ4v) is 6.95. The fraction of sp³-hybridized carbons (Fsp3) is 0.643. The van der Waals surface area contributed by atoms with Crippen LogP contribution in [0.4, 0.5) is 24.7 Å². The fourth-order valence-electron chi connectivity index (χ4n) is 6.23. The summed E-state index contributed by atoms with van der Waals surface area (Å²) in [5, 5.41) is 13.4. The third kappa shape index (κ3) is 5.87. The number of quaternary nitrogens is 1. The number of anilines is 2. The Balaban J connectivity index is 1.37. The lowest BCUT2D eigenvalue weighted by molar-refractivity contribution is -0.716. The third-order valence-corrected chi connectivity index (χ3v) is 9.81. The van der Waals surface area contributed by atoms with E-state index in [2.05, 4.69) is 24.6 Å². The molecule has 1 spiro atoms. The molecule has 2 heterocycles. The average molecular weight is 567 g/mol. The van der Waals surface area contributed by atoms with Gasteiger partial charge in [-0.25, -0.2) is 34.0 Å². The number of alkyl halides is 1. The molecule has 7 nitrogen and oxygen atoms in total. The van der Waals surface area contributed by atoms with Crippen LogP contribution in [-0.4, -0.2) is 57.9 Å². The summed E-state index contributed by atoms with van der Waals surface area (Å²) in [6, 6.07) is 4.14. The number of hydrogen-bond acceptors (Lipinski definition) is 7. The van der Waals surface area contributed by atoms with E-state index in [1.807, 2.05) is 12.3 Å². The molecule has 5 rings (SSSR count). The molecule has 214 valence electrons. The summed E-state index contributed by atoms with van der Waals surface area (Å²) in [6.45, 7) is 6.32. The predicted molar refractivity (Wildman–Crippen MR) is 145 cm³/mol. The molecule has 3 aliphatic rings. The van der Waals surface area contributed by atoms with Gasteiger partial charge in [0, 0.05) is 36.5 Å². The highest BCUT2D eigenvalue weighted by Gasteiger charge is 2.54. The number of nitrogens with zero attached hydrogens (tertiary/aromatic N) is 2. The van der Waals surface area contributed by atoms with Crippen molar-refractivity contribution in [1.82, 2.24) is 9.97 Å². The second-order valence-electron chi connectivity index (χ2n) is 11.2. The van der Waals surface area contributed by atoms with E-state index in [1.54, 1.807) is 17.8 Å². The van der Waals surface area contributed by atoms with Gasteiger partial charge in [0.2, 0.25) is 0 Å². The van der Waals surface area contributed by atoms with Crippen LogP contribution in [0.2, 0.25) is 0 Å². The Bertz CT molecular complexity index is 1180. The number of aliphatic hydroxyl groups excluding tert-OH is 1. The average Bonchev–Trinajstić information content (AvgIpc) is 3.71. The van der Waals surface area contributed by atoms with Gasteiger partial charge in [0.1, 0.15) is 17.4 Å². The molecule has 1 aliphatic heterocycles. The zero-order chi connectivity index (χ0) is 27.7. The lowest BCUT2D eigenvalue weighted by Crippen LogP contribution is -3.02. The molecule has 0 saturated heterocycles. The molecule has 5 N–H and O–H groups in total. The number of nitrogens with two attached hydrogens (primary N) is 1. The summed E-state index contributed by atoms with van der Waals surface area (Å²) in [6.07, 6.45) is 1.89. The minimum Gasteiger partial charge on any atom is -0.394 e. The molecule has 0 radical (unpaired) electrons. The van der Waals surface area contributed by atoms with Crippen molar-refractivity contribution >= 4 is 23.3 Å². The van der Waals surface area contributed by atoms with Crippen LogP contribution in [-0.2, 0) is 11.2 Å². The van der Waals surface area contributed by atoms with Crippen LogP contribution < -0.4 is 16.2 Å². The summed E-state index contributed by atoms with van der Waals surface area (Å²) in [5.41, 5.74) is 7.62. The monoisotopic (exact) mass is 566 g/mol. The van der Waals surface area contributed by atoms with Gasteiger partial charge < -0.3 is 15.2 Å². The van der Waals surface area contributed by atoms with Crippen molar-refractivity contribution in [3.8, 4) is 0 Å². The minimum absolute atomic E-state index is 0.0257. The van der Waals surface area contributed by atoms with Gasteiger partial charge in [0.25, 0.3) is 0 Å². The molecule has 1 aromatic carbocycles. The quantitative estimate of drug-likeness (QED) is 0.205. The molecule has 1 unspecified atom stereocenters. The third-order valence-electron chi connectivity index (χ3n) is 8.76. The molecule has 1 aromatic heterocycles. The van der Waals surface area contributed by atoms with Gasteiger partial charge in [-0.3, -0.25) is 0 Å². The Kier molecular flexibility index (Phi) is 8.61. The smallest absolute Gasteiger partial charge is 0.189 e. The van der Waals surface area contributed by atoms with Crippen LogP contribution in [0.1, 0.15) is 63.6 Å². The Hall–Kier alpha value is -2.08. The van der Waals surface area contributed by atoms with Crippen LogP contribution in [0.15, 0.2) is 23.4 Å². The van der Waals surface area contributed by atoms with E-state index in [9.17, 15) is 13.9 Å². The first-order valence-electron chi connectivity index (χ1n) is 14.0. The molecule has 2 saturated carbocycles. The SMILES string of the molecule is CCCSc1nc2c(c(N[C@@H]3C[C@H]3c3ccc(F)c(F)c3)n1)N[NH2+][C@@]1(CC2)C[C@H](F)C(OCCO)[C@@H](C)[C@H]1C. The zero-order valence-electron chi connectivity index (χ0n) is 22.7. The predicted octanol–water partition coefficient (Wildman–Crippen LogP) is 4.19. The summed E-state index contributed by atoms with van der Waals surface area (Å²) < 4.78 is 48.4.